The van der Waals surface area contributed by atoms with Gasteiger partial charge in [-0.1, -0.05) is 12.1 Å². The first-order valence-corrected chi connectivity index (χ1v) is 6.91. The Kier molecular flexibility index (Phi) is 4.61. The van der Waals surface area contributed by atoms with Crippen molar-refractivity contribution in [2.75, 3.05) is 14.2 Å². The molecule has 1 aromatic heterocycles. The van der Waals surface area contributed by atoms with Crippen LogP contribution in [0.2, 0.25) is 0 Å². The van der Waals surface area contributed by atoms with Gasteiger partial charge in [0.2, 0.25) is 11.7 Å². The van der Waals surface area contributed by atoms with Crippen LogP contribution in [0.4, 0.5) is 0 Å². The number of aryl methyl sites for hydroxylation is 1. The summed E-state index contributed by atoms with van der Waals surface area (Å²) in [6.45, 7) is 2.25. The van der Waals surface area contributed by atoms with E-state index in [1.54, 1.807) is 14.2 Å². The standard InChI is InChI=1S/C13H16BrN3O3/c1-4-7-5-8(13-16-9(6-15)20-17-13)12(19-3)10(14)11(7)18-2/h5H,4,6,15H2,1-3H3. The van der Waals surface area contributed by atoms with E-state index in [1.165, 1.54) is 0 Å². The number of benzene rings is 1. The van der Waals surface area contributed by atoms with Gasteiger partial charge in [-0.3, -0.25) is 0 Å². The zero-order valence-corrected chi connectivity index (χ0v) is 13.2. The largest absolute Gasteiger partial charge is 0.495 e. The van der Waals surface area contributed by atoms with Gasteiger partial charge < -0.3 is 19.7 Å². The summed E-state index contributed by atoms with van der Waals surface area (Å²) >= 11 is 3.50. The highest BCUT2D eigenvalue weighted by atomic mass is 79.9. The van der Waals surface area contributed by atoms with Gasteiger partial charge in [0.25, 0.3) is 0 Å². The maximum Gasteiger partial charge on any atom is 0.240 e. The van der Waals surface area contributed by atoms with Crippen LogP contribution in [0, 0.1) is 0 Å². The number of nitrogens with two attached hydrogens (primary N) is 1. The van der Waals surface area contributed by atoms with Gasteiger partial charge in [-0.05, 0) is 34.0 Å². The number of methoxy groups -OCH3 is 2. The number of nitrogens with zero attached hydrogens (tertiary/aromatic N) is 2. The van der Waals surface area contributed by atoms with Gasteiger partial charge in [0.15, 0.2) is 0 Å². The molecule has 108 valence electrons. The summed E-state index contributed by atoms with van der Waals surface area (Å²) in [5.41, 5.74) is 7.25. The molecule has 2 rings (SSSR count). The van der Waals surface area contributed by atoms with Gasteiger partial charge in [-0.15, -0.1) is 0 Å². The Hall–Kier alpha value is -1.60. The second kappa shape index (κ2) is 6.23. The Labute approximate surface area is 125 Å². The molecule has 0 saturated heterocycles. The monoisotopic (exact) mass is 341 g/mol. The Morgan fingerprint density at radius 2 is 2.00 bits per heavy atom. The third-order valence-electron chi connectivity index (χ3n) is 2.93. The van der Waals surface area contributed by atoms with Gasteiger partial charge in [0.1, 0.15) is 16.0 Å². The van der Waals surface area contributed by atoms with Crippen LogP contribution in [-0.4, -0.2) is 24.4 Å². The van der Waals surface area contributed by atoms with E-state index < -0.39 is 0 Å². The van der Waals surface area contributed by atoms with Gasteiger partial charge >= 0.3 is 0 Å². The lowest BCUT2D eigenvalue weighted by atomic mass is 10.1. The number of aromatic nitrogens is 2. The van der Waals surface area contributed by atoms with E-state index >= 15 is 0 Å². The average molecular weight is 342 g/mol. The molecule has 20 heavy (non-hydrogen) atoms. The molecule has 0 aliphatic heterocycles. The summed E-state index contributed by atoms with van der Waals surface area (Å²) in [6, 6.07) is 1.94. The van der Waals surface area contributed by atoms with Crippen molar-refractivity contribution in [3.8, 4) is 22.9 Å². The van der Waals surface area contributed by atoms with Gasteiger partial charge in [-0.2, -0.15) is 4.98 Å². The molecule has 0 fully saturated rings. The van der Waals surface area contributed by atoms with E-state index in [2.05, 4.69) is 26.1 Å². The fraction of sp³-hybridized carbons (Fsp3) is 0.385. The lowest BCUT2D eigenvalue weighted by Gasteiger charge is -2.15. The van der Waals surface area contributed by atoms with Gasteiger partial charge in [-0.25, -0.2) is 0 Å². The van der Waals surface area contributed by atoms with E-state index in [4.69, 9.17) is 19.7 Å². The molecule has 1 aromatic carbocycles. The van der Waals surface area contributed by atoms with Crippen molar-refractivity contribution in [3.63, 3.8) is 0 Å². The fourth-order valence-corrected chi connectivity index (χ4v) is 2.76. The number of rotatable bonds is 5. The van der Waals surface area contributed by atoms with Crippen molar-refractivity contribution in [1.29, 1.82) is 0 Å². The Bertz CT molecular complexity index is 613. The van der Waals surface area contributed by atoms with Crippen LogP contribution in [0.3, 0.4) is 0 Å². The molecule has 0 unspecified atom stereocenters. The van der Waals surface area contributed by atoms with Crippen molar-refractivity contribution in [1.82, 2.24) is 10.1 Å². The lowest BCUT2D eigenvalue weighted by Crippen LogP contribution is -1.99. The van der Waals surface area contributed by atoms with E-state index in [0.717, 1.165) is 27.8 Å². The highest BCUT2D eigenvalue weighted by molar-refractivity contribution is 9.10. The third kappa shape index (κ3) is 2.51. The average Bonchev–Trinajstić information content (AvgIpc) is 2.94. The molecule has 6 nitrogen and oxygen atoms in total. The van der Waals surface area contributed by atoms with Crippen molar-refractivity contribution >= 4 is 15.9 Å². The molecule has 0 radical (unpaired) electrons. The summed E-state index contributed by atoms with van der Waals surface area (Å²) in [7, 11) is 3.21. The van der Waals surface area contributed by atoms with Gasteiger partial charge in [0, 0.05) is 0 Å². The van der Waals surface area contributed by atoms with Crippen LogP contribution in [0.5, 0.6) is 11.5 Å². The molecule has 0 bridgehead atoms. The highest BCUT2D eigenvalue weighted by Gasteiger charge is 2.21. The quantitative estimate of drug-likeness (QED) is 0.899. The molecule has 0 spiro atoms. The maximum absolute atomic E-state index is 5.49. The zero-order chi connectivity index (χ0) is 14.7. The van der Waals surface area contributed by atoms with Gasteiger partial charge in [0.05, 0.1) is 26.3 Å². The van der Waals surface area contributed by atoms with Crippen LogP contribution in [0.1, 0.15) is 18.4 Å². The molecule has 0 amide bonds. The summed E-state index contributed by atoms with van der Waals surface area (Å²) in [4.78, 5) is 4.24. The van der Waals surface area contributed by atoms with E-state index in [9.17, 15) is 0 Å². The number of hydrogen-bond acceptors (Lipinski definition) is 6. The molecule has 2 N–H and O–H groups in total. The van der Waals surface area contributed by atoms with E-state index in [1.807, 2.05) is 13.0 Å². The molecular formula is C13H16BrN3O3. The topological polar surface area (TPSA) is 83.4 Å². The zero-order valence-electron chi connectivity index (χ0n) is 11.6. The summed E-state index contributed by atoms with van der Waals surface area (Å²) in [5, 5.41) is 3.93. The molecule has 0 aliphatic rings. The Morgan fingerprint density at radius 1 is 1.30 bits per heavy atom. The van der Waals surface area contributed by atoms with Crippen molar-refractivity contribution in [2.45, 2.75) is 19.9 Å². The second-order valence-electron chi connectivity index (χ2n) is 4.03. The molecule has 2 aromatic rings. The minimum atomic E-state index is 0.202. The first kappa shape index (κ1) is 14.8. The first-order chi connectivity index (χ1) is 9.65. The maximum atomic E-state index is 5.49. The SMILES string of the molecule is CCc1cc(-c2noc(CN)n2)c(OC)c(Br)c1OC. The first-order valence-electron chi connectivity index (χ1n) is 6.12. The molecule has 0 aliphatic carbocycles. The number of hydrogen-bond donors (Lipinski definition) is 1. The smallest absolute Gasteiger partial charge is 0.240 e. The van der Waals surface area contributed by atoms with E-state index in [-0.39, 0.29) is 6.54 Å². The Balaban J connectivity index is 2.65. The predicted molar refractivity (Wildman–Crippen MR) is 77.8 cm³/mol. The fourth-order valence-electron chi connectivity index (χ4n) is 1.96. The van der Waals surface area contributed by atoms with Crippen molar-refractivity contribution in [3.05, 3.63) is 22.0 Å². The highest BCUT2D eigenvalue weighted by Crippen LogP contribution is 2.43. The van der Waals surface area contributed by atoms with Crippen LogP contribution in [0.15, 0.2) is 15.1 Å². The summed E-state index contributed by atoms with van der Waals surface area (Å²) < 4.78 is 16.6. The second-order valence-corrected chi connectivity index (χ2v) is 4.83. The lowest BCUT2D eigenvalue weighted by molar-refractivity contribution is 0.378. The normalized spacial score (nSPS) is 10.7. The number of ether oxygens (including phenoxy) is 2. The molecular weight excluding hydrogens is 326 g/mol. The number of halogens is 1. The van der Waals surface area contributed by atoms with Crippen LogP contribution < -0.4 is 15.2 Å². The molecule has 7 heteroatoms. The summed E-state index contributed by atoms with van der Waals surface area (Å²) in [5.74, 6) is 2.17. The summed E-state index contributed by atoms with van der Waals surface area (Å²) in [6.07, 6.45) is 0.806. The van der Waals surface area contributed by atoms with Crippen LogP contribution >= 0.6 is 15.9 Å². The molecule has 0 saturated carbocycles. The minimum Gasteiger partial charge on any atom is -0.495 e. The molecule has 0 atom stereocenters. The van der Waals surface area contributed by atoms with Crippen molar-refractivity contribution in [2.24, 2.45) is 5.73 Å². The predicted octanol–water partition coefficient (Wildman–Crippen LogP) is 2.54. The van der Waals surface area contributed by atoms with E-state index in [0.29, 0.717) is 17.5 Å². The van der Waals surface area contributed by atoms with Crippen LogP contribution in [-0.2, 0) is 13.0 Å². The minimum absolute atomic E-state index is 0.202. The van der Waals surface area contributed by atoms with Crippen LogP contribution in [0.25, 0.3) is 11.4 Å². The third-order valence-corrected chi connectivity index (χ3v) is 3.65. The van der Waals surface area contributed by atoms with Crippen molar-refractivity contribution < 1.29 is 14.0 Å². The molecule has 1 heterocycles. The Morgan fingerprint density at radius 3 is 2.50 bits per heavy atom.